The molecule has 0 unspecified atom stereocenters. The molecule has 0 saturated heterocycles. The highest BCUT2D eigenvalue weighted by atomic mass is 14.9. The normalized spacial score (nSPS) is 96.0. The topological polar surface area (TPSA) is 0 Å². The maximum absolute atomic E-state index is 1.70. The van der Waals surface area contributed by atoms with Crippen LogP contribution < -0.4 is 0 Å². The van der Waals surface area contributed by atoms with Crippen molar-refractivity contribution in [3.05, 3.63) is 0 Å². The molecule has 9 saturated carbocycles. The number of rotatable bonds is 0. The van der Waals surface area contributed by atoms with Crippen LogP contribution in [0.2, 0.25) is 0 Å². The van der Waals surface area contributed by atoms with E-state index in [-0.39, 0.29) is 0 Å². The van der Waals surface area contributed by atoms with Gasteiger partial charge in [0, 0.05) is 0 Å². The summed E-state index contributed by atoms with van der Waals surface area (Å²) in [6, 6.07) is 0. The minimum atomic E-state index is 1.28. The first kappa shape index (κ1) is 5.92. The van der Waals surface area contributed by atoms with E-state index in [0.29, 0.717) is 0 Å². The molecule has 0 radical (unpaired) electrons. The lowest BCUT2D eigenvalue weighted by molar-refractivity contribution is 0.0886. The second-order valence-electron chi connectivity index (χ2n) is 7.75. The predicted molar refractivity (Wildman–Crippen MR) is 51.1 cm³/mol. The number of hydrogen-bond acceptors (Lipinski definition) is 0. The Morgan fingerprint density at radius 3 is 0.714 bits per heavy atom. The zero-order valence-electron chi connectivity index (χ0n) is 8.34. The molecule has 0 aromatic carbocycles. The molecule has 0 atom stereocenters. The van der Waals surface area contributed by atoms with Crippen molar-refractivity contribution >= 4 is 0 Å². The van der Waals surface area contributed by atoms with E-state index >= 15 is 0 Å². The van der Waals surface area contributed by atoms with Crippen molar-refractivity contribution in [3.8, 4) is 0 Å². The average Bonchev–Trinajstić information content (AvgIpc) is 2.71. The highest BCUT2D eigenvalue weighted by Crippen LogP contribution is 2.92. The van der Waals surface area contributed by atoms with Crippen molar-refractivity contribution in [2.75, 3.05) is 0 Å². The van der Waals surface area contributed by atoms with Crippen molar-refractivity contribution in [1.82, 2.24) is 0 Å². The molecule has 14 heavy (non-hydrogen) atoms. The highest BCUT2D eigenvalue weighted by molar-refractivity contribution is 5.35. The fraction of sp³-hybridized carbons (Fsp3) is 1.00. The summed E-state index contributed by atoms with van der Waals surface area (Å²) >= 11 is 0. The van der Waals surface area contributed by atoms with Crippen LogP contribution in [0.4, 0.5) is 0 Å². The van der Waals surface area contributed by atoms with Crippen LogP contribution in [-0.2, 0) is 0 Å². The maximum Gasteiger partial charge on any atom is -0.0315 e. The quantitative estimate of drug-likeness (QED) is 0.541. The smallest absolute Gasteiger partial charge is 0.0315 e. The molecule has 9 aliphatic carbocycles. The van der Waals surface area contributed by atoms with Gasteiger partial charge in [-0.25, -0.2) is 0 Å². The molecule has 0 heteroatoms. The number of hydrogen-bond donors (Lipinski definition) is 0. The zero-order valence-corrected chi connectivity index (χ0v) is 8.34. The van der Waals surface area contributed by atoms with Crippen molar-refractivity contribution in [2.24, 2.45) is 71.0 Å². The summed E-state index contributed by atoms with van der Waals surface area (Å²) in [6.07, 6.45) is 3.41. The second kappa shape index (κ2) is 1.30. The Kier molecular flexibility index (Phi) is 0.548. The first-order valence-electron chi connectivity index (χ1n) is 6.97. The predicted octanol–water partition coefficient (Wildman–Crippen LogP) is 2.26. The van der Waals surface area contributed by atoms with Gasteiger partial charge in [-0.15, -0.1) is 0 Å². The van der Waals surface area contributed by atoms with E-state index in [4.69, 9.17) is 0 Å². The van der Waals surface area contributed by atoms with E-state index in [9.17, 15) is 0 Å². The zero-order chi connectivity index (χ0) is 8.34. The minimum Gasteiger partial charge on any atom is -0.0464 e. The molecule has 0 heterocycles. The fourth-order valence-corrected chi connectivity index (χ4v) is 8.73. The average molecular weight is 184 g/mol. The molecule has 0 aromatic heterocycles. The minimum absolute atomic E-state index is 1.28. The van der Waals surface area contributed by atoms with Gasteiger partial charge in [-0.05, 0) is 83.9 Å². The van der Waals surface area contributed by atoms with Crippen LogP contribution in [0.5, 0.6) is 0 Å². The lowest BCUT2D eigenvalue weighted by atomic mass is 9.66. The molecule has 12 bridgehead atoms. The third kappa shape index (κ3) is 0.314. The summed E-state index contributed by atoms with van der Waals surface area (Å²) < 4.78 is 0. The van der Waals surface area contributed by atoms with E-state index in [2.05, 4.69) is 0 Å². The molecular formula is C14H16. The summed E-state index contributed by atoms with van der Waals surface area (Å²) in [5.41, 5.74) is 0. The molecule has 0 N–H and O–H groups in total. The summed E-state index contributed by atoms with van der Waals surface area (Å²) in [7, 11) is 0. The summed E-state index contributed by atoms with van der Waals surface area (Å²) in [5, 5.41) is 0. The Hall–Kier alpha value is 0. The molecular weight excluding hydrogens is 168 g/mol. The van der Waals surface area contributed by atoms with Gasteiger partial charge in [0.1, 0.15) is 0 Å². The third-order valence-corrected chi connectivity index (χ3v) is 8.32. The Bertz CT molecular complexity index is 329. The van der Waals surface area contributed by atoms with Gasteiger partial charge in [-0.2, -0.15) is 0 Å². The molecule has 9 aliphatic rings. The van der Waals surface area contributed by atoms with Gasteiger partial charge in [-0.3, -0.25) is 0 Å². The fourth-order valence-electron chi connectivity index (χ4n) is 8.73. The molecule has 0 spiro atoms. The van der Waals surface area contributed by atoms with Gasteiger partial charge >= 0.3 is 0 Å². The standard InChI is InChI=1S/C14H16/c1-3-7-8(3)12-5(1)11(7)13-6-2-4-9(13)10(4)14(6)12/h3-14H,1-2H2/t3?,4?,5?,6?,7-,8+,9-,10+,11-,12+,13+,14-. The van der Waals surface area contributed by atoms with Gasteiger partial charge in [0.15, 0.2) is 0 Å². The Morgan fingerprint density at radius 1 is 0.357 bits per heavy atom. The van der Waals surface area contributed by atoms with Crippen LogP contribution in [0.25, 0.3) is 0 Å². The van der Waals surface area contributed by atoms with Crippen LogP contribution in [0, 0.1) is 71.0 Å². The molecule has 72 valence electrons. The van der Waals surface area contributed by atoms with E-state index in [1.165, 1.54) is 71.0 Å². The van der Waals surface area contributed by atoms with Gasteiger partial charge < -0.3 is 0 Å². The largest absolute Gasteiger partial charge is 0.0464 e. The molecule has 0 nitrogen and oxygen atoms in total. The van der Waals surface area contributed by atoms with Crippen LogP contribution in [0.15, 0.2) is 0 Å². The monoisotopic (exact) mass is 184 g/mol. The summed E-state index contributed by atoms with van der Waals surface area (Å²) in [6.45, 7) is 0. The first-order chi connectivity index (χ1) is 6.97. The van der Waals surface area contributed by atoms with Crippen molar-refractivity contribution in [2.45, 2.75) is 12.8 Å². The van der Waals surface area contributed by atoms with Crippen molar-refractivity contribution in [3.63, 3.8) is 0 Å². The van der Waals surface area contributed by atoms with Gasteiger partial charge in [-0.1, -0.05) is 0 Å². The summed E-state index contributed by atoms with van der Waals surface area (Å²) in [5.74, 6) is 15.6. The second-order valence-corrected chi connectivity index (χ2v) is 7.75. The van der Waals surface area contributed by atoms with E-state index in [1.807, 2.05) is 0 Å². The first-order valence-corrected chi connectivity index (χ1v) is 6.97. The Morgan fingerprint density at radius 2 is 0.571 bits per heavy atom. The molecule has 0 amide bonds. The van der Waals surface area contributed by atoms with Gasteiger partial charge in [0.2, 0.25) is 0 Å². The molecule has 0 aromatic rings. The van der Waals surface area contributed by atoms with Crippen molar-refractivity contribution in [1.29, 1.82) is 0 Å². The lowest BCUT2D eigenvalue weighted by Gasteiger charge is -2.38. The summed E-state index contributed by atoms with van der Waals surface area (Å²) in [4.78, 5) is 0. The van der Waals surface area contributed by atoms with Gasteiger partial charge in [0.25, 0.3) is 0 Å². The van der Waals surface area contributed by atoms with Crippen LogP contribution in [0.1, 0.15) is 12.8 Å². The van der Waals surface area contributed by atoms with E-state index < -0.39 is 0 Å². The van der Waals surface area contributed by atoms with Crippen LogP contribution in [-0.4, -0.2) is 0 Å². The van der Waals surface area contributed by atoms with Crippen molar-refractivity contribution < 1.29 is 0 Å². The lowest BCUT2D eigenvalue weighted by Crippen LogP contribution is -2.34. The molecule has 9 fully saturated rings. The highest BCUT2D eigenvalue weighted by Gasteiger charge is 2.88. The van der Waals surface area contributed by atoms with E-state index in [0.717, 1.165) is 0 Å². The SMILES string of the molecule is C1C2[C@H]3[C@H]4C1[C@@H]([C@@H]23)[C@@H]1C2CC3[C@@H]([C@H]24)[C@H]31. The Balaban J connectivity index is 1.61. The Labute approximate surface area is 84.4 Å². The third-order valence-electron chi connectivity index (χ3n) is 8.32. The van der Waals surface area contributed by atoms with E-state index in [1.54, 1.807) is 12.8 Å². The van der Waals surface area contributed by atoms with Crippen LogP contribution >= 0.6 is 0 Å². The molecule has 0 aliphatic heterocycles. The van der Waals surface area contributed by atoms with Crippen LogP contribution in [0.3, 0.4) is 0 Å². The van der Waals surface area contributed by atoms with Gasteiger partial charge in [0.05, 0.1) is 0 Å². The maximum atomic E-state index is 1.70. The molecule has 9 rings (SSSR count).